The number of aliphatic hydroxyl groups is 1. The van der Waals surface area contributed by atoms with Crippen LogP contribution in [0.3, 0.4) is 0 Å². The largest absolute Gasteiger partial charge is 0.408 e. The van der Waals surface area contributed by atoms with Crippen LogP contribution in [0.1, 0.15) is 85.9 Å². The number of anilines is 2. The Kier molecular flexibility index (Phi) is 15.4. The quantitative estimate of drug-likeness (QED) is 0.0805. The molecule has 6 heterocycles. The summed E-state index contributed by atoms with van der Waals surface area (Å²) in [7, 11) is -2.11. The molecule has 330 valence electrons. The molecule has 2 fully saturated rings. The molecule has 6 aromatic rings. The molecule has 8 rings (SSSR count). The molecule has 7 N–H and O–H groups in total. The number of fused-ring (bicyclic) bond motifs is 2. The molecule has 0 radical (unpaired) electrons. The highest BCUT2D eigenvalue weighted by Gasteiger charge is 2.50. The summed E-state index contributed by atoms with van der Waals surface area (Å²) in [5.41, 5.74) is 16.6. The lowest BCUT2D eigenvalue weighted by molar-refractivity contribution is -0.0355. The van der Waals surface area contributed by atoms with Gasteiger partial charge in [0, 0.05) is 13.1 Å². The van der Waals surface area contributed by atoms with Gasteiger partial charge in [-0.15, -0.1) is 0 Å². The molecule has 8 atom stereocenters. The SMILES string of the molecule is C.C.CC[C@H]1O[C@@H](n2cnc3c(N)ncnc32)C(O[Si](C)(C)C(C)(C)C)[C@@H]1NCc1ccccc1.CC[C@H]1O[C@@H](n2cnc3c(N)ncnc32)[C@H](O)[C@@H]1NCc1ccccc1. The maximum Gasteiger partial charge on any atom is 0.192 e. The van der Waals surface area contributed by atoms with Gasteiger partial charge in [-0.3, -0.25) is 9.13 Å². The molecular formula is C44H66N12O4Si. The zero-order chi connectivity index (χ0) is 41.9. The summed E-state index contributed by atoms with van der Waals surface area (Å²) in [6.45, 7) is 16.9. The van der Waals surface area contributed by atoms with Gasteiger partial charge < -0.3 is 41.1 Å². The minimum Gasteiger partial charge on any atom is -0.408 e. The third-order valence-corrected chi connectivity index (χ3v) is 16.3. The normalized spacial score (nSPS) is 23.9. The van der Waals surface area contributed by atoms with E-state index in [4.69, 9.17) is 25.4 Å². The zero-order valence-electron chi connectivity index (χ0n) is 34.9. The highest BCUT2D eigenvalue weighted by atomic mass is 28.4. The molecule has 0 spiro atoms. The summed E-state index contributed by atoms with van der Waals surface area (Å²) >= 11 is 0. The van der Waals surface area contributed by atoms with Crippen molar-refractivity contribution in [2.24, 2.45) is 0 Å². The Hall–Kier alpha value is -4.88. The van der Waals surface area contributed by atoms with Crippen molar-refractivity contribution in [2.75, 3.05) is 11.5 Å². The van der Waals surface area contributed by atoms with Crippen molar-refractivity contribution in [1.29, 1.82) is 0 Å². The van der Waals surface area contributed by atoms with E-state index in [1.165, 1.54) is 18.2 Å². The van der Waals surface area contributed by atoms with Gasteiger partial charge in [0.05, 0.1) is 36.9 Å². The molecule has 0 bridgehead atoms. The lowest BCUT2D eigenvalue weighted by Gasteiger charge is -2.41. The summed E-state index contributed by atoms with van der Waals surface area (Å²) in [6.07, 6.45) is 5.84. The van der Waals surface area contributed by atoms with Crippen molar-refractivity contribution in [2.45, 2.75) is 142 Å². The van der Waals surface area contributed by atoms with Crippen molar-refractivity contribution < 1.29 is 19.0 Å². The number of hydrogen-bond acceptors (Lipinski definition) is 14. The van der Waals surface area contributed by atoms with Crippen LogP contribution in [-0.4, -0.2) is 89.0 Å². The summed E-state index contributed by atoms with van der Waals surface area (Å²) in [5, 5.41) is 18.2. The number of nitrogens with one attached hydrogen (secondary N) is 2. The number of nitrogen functional groups attached to an aromatic ring is 2. The number of nitrogens with zero attached hydrogens (tertiary/aromatic N) is 8. The first kappa shape index (κ1) is 47.2. The van der Waals surface area contributed by atoms with Gasteiger partial charge in [0.25, 0.3) is 0 Å². The Morgan fingerprint density at radius 2 is 1.13 bits per heavy atom. The van der Waals surface area contributed by atoms with Crippen LogP contribution in [0, 0.1) is 0 Å². The summed E-state index contributed by atoms with van der Waals surface area (Å²) in [4.78, 5) is 25.5. The van der Waals surface area contributed by atoms with Crippen molar-refractivity contribution in [3.05, 3.63) is 97.1 Å². The molecule has 61 heavy (non-hydrogen) atoms. The number of aromatic nitrogens is 8. The van der Waals surface area contributed by atoms with E-state index >= 15 is 0 Å². The second-order valence-corrected chi connectivity index (χ2v) is 21.5. The van der Waals surface area contributed by atoms with E-state index in [9.17, 15) is 5.11 Å². The number of aliphatic hydroxyl groups excluding tert-OH is 1. The molecule has 0 saturated carbocycles. The second kappa shape index (κ2) is 19.9. The molecule has 4 aromatic heterocycles. The van der Waals surface area contributed by atoms with Crippen LogP contribution in [0.25, 0.3) is 22.3 Å². The van der Waals surface area contributed by atoms with Crippen molar-refractivity contribution in [1.82, 2.24) is 49.7 Å². The predicted octanol–water partition coefficient (Wildman–Crippen LogP) is 6.77. The van der Waals surface area contributed by atoms with Crippen molar-refractivity contribution in [3.8, 4) is 0 Å². The van der Waals surface area contributed by atoms with E-state index in [0.717, 1.165) is 24.9 Å². The van der Waals surface area contributed by atoms with Gasteiger partial charge in [-0.05, 0) is 42.1 Å². The third-order valence-electron chi connectivity index (χ3n) is 11.9. The average Bonchev–Trinajstić information content (AvgIpc) is 4.00. The van der Waals surface area contributed by atoms with Crippen LogP contribution in [0.4, 0.5) is 11.6 Å². The van der Waals surface area contributed by atoms with Gasteiger partial charge in [-0.2, -0.15) is 0 Å². The predicted molar refractivity (Wildman–Crippen MR) is 244 cm³/mol. The van der Waals surface area contributed by atoms with Gasteiger partial charge in [0.1, 0.15) is 35.9 Å². The first-order valence-corrected chi connectivity index (χ1v) is 23.3. The minimum absolute atomic E-state index is 0. The van der Waals surface area contributed by atoms with E-state index < -0.39 is 20.6 Å². The van der Waals surface area contributed by atoms with Crippen molar-refractivity contribution >= 4 is 42.3 Å². The molecule has 16 nitrogen and oxygen atoms in total. The molecule has 2 aliphatic heterocycles. The highest BCUT2D eigenvalue weighted by Crippen LogP contribution is 2.43. The second-order valence-electron chi connectivity index (χ2n) is 16.7. The van der Waals surface area contributed by atoms with E-state index in [1.54, 1.807) is 17.2 Å². The van der Waals surface area contributed by atoms with Crippen LogP contribution < -0.4 is 22.1 Å². The Labute approximate surface area is 361 Å². The number of benzene rings is 2. The molecule has 17 heteroatoms. The Morgan fingerprint density at radius 1 is 0.689 bits per heavy atom. The Bertz CT molecular complexity index is 2290. The lowest BCUT2D eigenvalue weighted by atomic mass is 10.0. The van der Waals surface area contributed by atoms with E-state index in [2.05, 4.69) is 118 Å². The zero-order valence-corrected chi connectivity index (χ0v) is 35.9. The Morgan fingerprint density at radius 3 is 1.61 bits per heavy atom. The number of nitrogens with two attached hydrogens (primary N) is 2. The topological polar surface area (TPSA) is 211 Å². The van der Waals surface area contributed by atoms with Crippen LogP contribution in [0.5, 0.6) is 0 Å². The number of ether oxygens (including phenoxy) is 2. The van der Waals surface area contributed by atoms with Crippen LogP contribution in [-0.2, 0) is 27.0 Å². The summed E-state index contributed by atoms with van der Waals surface area (Å²) in [6, 6.07) is 20.3. The van der Waals surface area contributed by atoms with Crippen LogP contribution in [0.15, 0.2) is 86.0 Å². The molecule has 2 saturated heterocycles. The number of imidazole rings is 2. The van der Waals surface area contributed by atoms with Gasteiger partial charge in [0.15, 0.2) is 43.7 Å². The molecule has 0 amide bonds. The van der Waals surface area contributed by atoms with Gasteiger partial charge in [-0.25, -0.2) is 29.9 Å². The van der Waals surface area contributed by atoms with E-state index in [0.29, 0.717) is 40.5 Å². The lowest BCUT2D eigenvalue weighted by Crippen LogP contribution is -2.52. The fourth-order valence-electron chi connectivity index (χ4n) is 7.55. The van der Waals surface area contributed by atoms with Crippen molar-refractivity contribution in [3.63, 3.8) is 0 Å². The van der Waals surface area contributed by atoms with E-state index in [1.807, 2.05) is 35.8 Å². The molecule has 2 aromatic carbocycles. The van der Waals surface area contributed by atoms with E-state index in [-0.39, 0.29) is 56.5 Å². The van der Waals surface area contributed by atoms with Gasteiger partial charge in [-0.1, -0.05) is 110 Å². The highest BCUT2D eigenvalue weighted by molar-refractivity contribution is 6.74. The smallest absolute Gasteiger partial charge is 0.192 e. The number of rotatable bonds is 12. The first-order chi connectivity index (χ1) is 28.3. The van der Waals surface area contributed by atoms with Crippen LogP contribution in [0.2, 0.25) is 18.1 Å². The molecule has 0 aliphatic carbocycles. The maximum atomic E-state index is 10.9. The first-order valence-electron chi connectivity index (χ1n) is 20.4. The fraction of sp³-hybridized carbons (Fsp3) is 0.500. The fourth-order valence-corrected chi connectivity index (χ4v) is 8.85. The monoisotopic (exact) mass is 855 g/mol. The van der Waals surface area contributed by atoms with Crippen LogP contribution >= 0.6 is 0 Å². The summed E-state index contributed by atoms with van der Waals surface area (Å²) < 4.78 is 23.5. The summed E-state index contributed by atoms with van der Waals surface area (Å²) in [5.74, 6) is 0.677. The minimum atomic E-state index is -2.11. The maximum absolute atomic E-state index is 10.9. The number of hydrogen-bond donors (Lipinski definition) is 5. The molecule has 2 aliphatic rings. The van der Waals surface area contributed by atoms with Gasteiger partial charge >= 0.3 is 0 Å². The average molecular weight is 855 g/mol. The molecular weight excluding hydrogens is 789 g/mol. The van der Waals surface area contributed by atoms with Gasteiger partial charge in [0.2, 0.25) is 0 Å². The molecule has 1 unspecified atom stereocenters. The third kappa shape index (κ3) is 9.93. The Balaban J connectivity index is 0.000000229. The standard InChI is InChI=1S/C24H36N6O2Si.C18H22N6O2.2CH4/c1-7-17-18(26-13-16-11-9-8-10-12-16)20(32-33(5,6)24(2,3)4)23(31-17)30-15-29-19-21(25)27-14-28-22(19)30;1-2-12-13(20-8-11-6-4-3-5-7-11)15(25)18(26-12)24-10-23-14-16(19)21-9-22-17(14)24;;/h8-12,14-15,17-18,20,23,26H,7,13H2,1-6H3,(H2,25,27,28);3-7,9-10,12-13,15,18,20,25H,2,8H2,1H3,(H2,19,21,22);2*1H4/t17-,18-,20?,23-;12-,13-,15-,18-;;/m11../s1.